The number of hydrogen-bond acceptors (Lipinski definition) is 6. The molecule has 2 rings (SSSR count). The third kappa shape index (κ3) is 10.0. The molecule has 0 fully saturated rings. The molecular formula is C26H35N3O5. The second kappa shape index (κ2) is 14.7. The van der Waals surface area contributed by atoms with Gasteiger partial charge >= 0.3 is 5.97 Å². The van der Waals surface area contributed by atoms with E-state index in [-0.39, 0.29) is 29.2 Å². The number of nitrogens with zero attached hydrogens (tertiary/aromatic N) is 1. The highest BCUT2D eigenvalue weighted by atomic mass is 16.5. The minimum absolute atomic E-state index is 0.0653. The van der Waals surface area contributed by atoms with Gasteiger partial charge < -0.3 is 20.5 Å². The zero-order valence-electron chi connectivity index (χ0n) is 20.1. The quantitative estimate of drug-likeness (QED) is 0.206. The Kier molecular flexibility index (Phi) is 11.6. The largest absolute Gasteiger partial charge is 0.505 e. The van der Waals surface area contributed by atoms with Gasteiger partial charge in [-0.05, 0) is 43.5 Å². The van der Waals surface area contributed by atoms with Gasteiger partial charge in [0.2, 0.25) is 5.91 Å². The molecule has 0 spiro atoms. The van der Waals surface area contributed by atoms with E-state index < -0.39 is 0 Å². The summed E-state index contributed by atoms with van der Waals surface area (Å²) >= 11 is 0. The standard InChI is InChI=1S/C26H35N3O5/c1-19-15-17-27-24(25(19)32)26(33)28-16-10-8-6-4-3-5-7-9-14-23(31)34-22-13-11-12-21(18-22)29-20(2)30/h11-13,15,17-18,32H,3-10,14,16H2,1-2H3,(H,28,33)(H,29,30). The Morgan fingerprint density at radius 3 is 2.35 bits per heavy atom. The van der Waals surface area contributed by atoms with Crippen molar-refractivity contribution < 1.29 is 24.2 Å². The molecule has 0 aliphatic rings. The van der Waals surface area contributed by atoms with Crippen LogP contribution in [-0.4, -0.2) is 34.4 Å². The predicted molar refractivity (Wildman–Crippen MR) is 131 cm³/mol. The first-order valence-electron chi connectivity index (χ1n) is 11.9. The first-order valence-corrected chi connectivity index (χ1v) is 11.9. The van der Waals surface area contributed by atoms with Gasteiger partial charge in [0, 0.05) is 37.8 Å². The highest BCUT2D eigenvalue weighted by Gasteiger charge is 2.13. The van der Waals surface area contributed by atoms with Gasteiger partial charge in [-0.2, -0.15) is 0 Å². The van der Waals surface area contributed by atoms with E-state index in [0.717, 1.165) is 51.4 Å². The maximum Gasteiger partial charge on any atom is 0.311 e. The lowest BCUT2D eigenvalue weighted by Gasteiger charge is -2.08. The summed E-state index contributed by atoms with van der Waals surface area (Å²) in [5.41, 5.74) is 1.30. The van der Waals surface area contributed by atoms with Crippen molar-refractivity contribution in [3.63, 3.8) is 0 Å². The fraction of sp³-hybridized carbons (Fsp3) is 0.462. The number of esters is 1. The number of nitrogens with one attached hydrogen (secondary N) is 2. The lowest BCUT2D eigenvalue weighted by molar-refractivity contribution is -0.134. The second-order valence-electron chi connectivity index (χ2n) is 8.34. The van der Waals surface area contributed by atoms with Crippen molar-refractivity contribution in [2.24, 2.45) is 0 Å². The molecule has 0 saturated carbocycles. The Balaban J connectivity index is 1.46. The van der Waals surface area contributed by atoms with Gasteiger partial charge in [0.1, 0.15) is 11.5 Å². The van der Waals surface area contributed by atoms with Gasteiger partial charge in [0.25, 0.3) is 5.91 Å². The van der Waals surface area contributed by atoms with Crippen LogP contribution in [0.15, 0.2) is 36.5 Å². The number of carbonyl (C=O) groups excluding carboxylic acids is 3. The molecular weight excluding hydrogens is 434 g/mol. The minimum Gasteiger partial charge on any atom is -0.505 e. The number of carbonyl (C=O) groups is 3. The Morgan fingerprint density at radius 2 is 1.65 bits per heavy atom. The van der Waals surface area contributed by atoms with E-state index in [2.05, 4.69) is 15.6 Å². The summed E-state index contributed by atoms with van der Waals surface area (Å²) in [5.74, 6) is -0.424. The molecule has 2 aromatic rings. The van der Waals surface area contributed by atoms with E-state index in [1.807, 2.05) is 0 Å². The third-order valence-electron chi connectivity index (χ3n) is 5.32. The monoisotopic (exact) mass is 469 g/mol. The van der Waals surface area contributed by atoms with Gasteiger partial charge in [-0.3, -0.25) is 14.4 Å². The number of rotatable bonds is 14. The van der Waals surface area contributed by atoms with Crippen LogP contribution in [0.3, 0.4) is 0 Å². The zero-order valence-corrected chi connectivity index (χ0v) is 20.1. The van der Waals surface area contributed by atoms with Crippen molar-refractivity contribution in [2.45, 2.75) is 71.6 Å². The Morgan fingerprint density at radius 1 is 0.971 bits per heavy atom. The molecule has 8 nitrogen and oxygen atoms in total. The van der Waals surface area contributed by atoms with Gasteiger partial charge in [-0.25, -0.2) is 4.98 Å². The molecule has 0 unspecified atom stereocenters. The van der Waals surface area contributed by atoms with Crippen LogP contribution >= 0.6 is 0 Å². The number of benzene rings is 1. The van der Waals surface area contributed by atoms with E-state index in [1.165, 1.54) is 13.1 Å². The van der Waals surface area contributed by atoms with Crippen LogP contribution in [0.25, 0.3) is 0 Å². The molecule has 0 aliphatic heterocycles. The number of aromatic hydroxyl groups is 1. The SMILES string of the molecule is CC(=O)Nc1cccc(OC(=O)CCCCCCCCCCNC(=O)c2nccc(C)c2O)c1. The van der Waals surface area contributed by atoms with Crippen molar-refractivity contribution >= 4 is 23.5 Å². The molecule has 0 radical (unpaired) electrons. The second-order valence-corrected chi connectivity index (χ2v) is 8.34. The van der Waals surface area contributed by atoms with E-state index in [1.54, 1.807) is 37.3 Å². The molecule has 184 valence electrons. The summed E-state index contributed by atoms with van der Waals surface area (Å²) < 4.78 is 5.34. The summed E-state index contributed by atoms with van der Waals surface area (Å²) in [7, 11) is 0. The van der Waals surface area contributed by atoms with Crippen LogP contribution in [0.5, 0.6) is 11.5 Å². The zero-order chi connectivity index (χ0) is 24.8. The van der Waals surface area contributed by atoms with Crippen LogP contribution in [0.1, 0.15) is 80.8 Å². The summed E-state index contributed by atoms with van der Waals surface area (Å²) in [5, 5.41) is 15.4. The summed E-state index contributed by atoms with van der Waals surface area (Å²) in [6, 6.07) is 8.46. The Bertz CT molecular complexity index is 961. The van der Waals surface area contributed by atoms with E-state index in [9.17, 15) is 19.5 Å². The first kappa shape index (κ1) is 26.8. The topological polar surface area (TPSA) is 118 Å². The number of aromatic nitrogens is 1. The number of hydrogen-bond donors (Lipinski definition) is 3. The minimum atomic E-state index is -0.347. The van der Waals surface area contributed by atoms with Gasteiger partial charge in [0.15, 0.2) is 5.69 Å². The average molecular weight is 470 g/mol. The average Bonchev–Trinajstić information content (AvgIpc) is 2.79. The van der Waals surface area contributed by atoms with E-state index in [4.69, 9.17) is 4.74 Å². The number of ether oxygens (including phenoxy) is 1. The summed E-state index contributed by atoms with van der Waals surface area (Å²) in [6.07, 6.45) is 9.95. The molecule has 0 atom stereocenters. The molecule has 0 aliphatic carbocycles. The Labute approximate surface area is 201 Å². The Hall–Kier alpha value is -3.42. The van der Waals surface area contributed by atoms with E-state index >= 15 is 0 Å². The molecule has 1 aromatic carbocycles. The molecule has 0 bridgehead atoms. The summed E-state index contributed by atoms with van der Waals surface area (Å²) in [6.45, 7) is 3.72. The van der Waals surface area contributed by atoms with Crippen molar-refractivity contribution in [2.75, 3.05) is 11.9 Å². The maximum absolute atomic E-state index is 12.1. The van der Waals surface area contributed by atoms with Crippen LogP contribution < -0.4 is 15.4 Å². The van der Waals surface area contributed by atoms with Crippen LogP contribution in [0.4, 0.5) is 5.69 Å². The molecule has 3 N–H and O–H groups in total. The van der Waals surface area contributed by atoms with E-state index in [0.29, 0.717) is 30.0 Å². The maximum atomic E-state index is 12.1. The normalized spacial score (nSPS) is 10.5. The number of unbranched alkanes of at least 4 members (excludes halogenated alkanes) is 7. The molecule has 8 heteroatoms. The smallest absolute Gasteiger partial charge is 0.311 e. The fourth-order valence-corrected chi connectivity index (χ4v) is 3.48. The molecule has 1 heterocycles. The van der Waals surface area contributed by atoms with Crippen LogP contribution in [0.2, 0.25) is 0 Å². The third-order valence-corrected chi connectivity index (χ3v) is 5.32. The van der Waals surface area contributed by atoms with Gasteiger partial charge in [-0.15, -0.1) is 0 Å². The molecule has 0 saturated heterocycles. The highest BCUT2D eigenvalue weighted by molar-refractivity contribution is 5.95. The van der Waals surface area contributed by atoms with Crippen molar-refractivity contribution in [1.82, 2.24) is 10.3 Å². The fourth-order valence-electron chi connectivity index (χ4n) is 3.48. The first-order chi connectivity index (χ1) is 16.4. The van der Waals surface area contributed by atoms with Crippen molar-refractivity contribution in [3.8, 4) is 11.5 Å². The molecule has 2 amide bonds. The predicted octanol–water partition coefficient (Wildman–Crippen LogP) is 4.90. The molecule has 34 heavy (non-hydrogen) atoms. The van der Waals surface area contributed by atoms with Crippen molar-refractivity contribution in [1.29, 1.82) is 0 Å². The number of amides is 2. The lowest BCUT2D eigenvalue weighted by Crippen LogP contribution is -2.25. The number of pyridine rings is 1. The number of anilines is 1. The van der Waals surface area contributed by atoms with Gasteiger partial charge in [0.05, 0.1) is 0 Å². The number of aryl methyl sites for hydroxylation is 1. The lowest BCUT2D eigenvalue weighted by atomic mass is 10.1. The van der Waals surface area contributed by atoms with Crippen molar-refractivity contribution in [3.05, 3.63) is 47.8 Å². The highest BCUT2D eigenvalue weighted by Crippen LogP contribution is 2.19. The molecule has 1 aromatic heterocycles. The van der Waals surface area contributed by atoms with Gasteiger partial charge in [-0.1, -0.05) is 44.6 Å². The van der Waals surface area contributed by atoms with Crippen LogP contribution in [0, 0.1) is 6.92 Å². The summed E-state index contributed by atoms with van der Waals surface area (Å²) in [4.78, 5) is 39.1. The van der Waals surface area contributed by atoms with Crippen LogP contribution in [-0.2, 0) is 9.59 Å².